The van der Waals surface area contributed by atoms with E-state index in [1.165, 1.54) is 0 Å². The summed E-state index contributed by atoms with van der Waals surface area (Å²) in [5, 5.41) is 23.8. The Morgan fingerprint density at radius 1 is 1.03 bits per heavy atom. The zero-order chi connectivity index (χ0) is 20.4. The highest BCUT2D eigenvalue weighted by molar-refractivity contribution is 5.83. The number of benzene rings is 2. The van der Waals surface area contributed by atoms with Crippen molar-refractivity contribution in [1.82, 2.24) is 10.1 Å². The van der Waals surface area contributed by atoms with E-state index in [4.69, 9.17) is 19.4 Å². The molecule has 2 aromatic heterocycles. The molecule has 0 aliphatic carbocycles. The second-order valence-electron chi connectivity index (χ2n) is 6.72. The predicted octanol–water partition coefficient (Wildman–Crippen LogP) is 2.69. The largest absolute Gasteiger partial charge is 0.494 e. The first-order chi connectivity index (χ1) is 14.1. The van der Waals surface area contributed by atoms with Crippen LogP contribution in [0.3, 0.4) is 0 Å². The lowest BCUT2D eigenvalue weighted by atomic mass is 10.00. The topological polar surface area (TPSA) is 128 Å². The zero-order valence-corrected chi connectivity index (χ0v) is 15.8. The summed E-state index contributed by atoms with van der Waals surface area (Å²) in [7, 11) is 0. The molecule has 0 bridgehead atoms. The third-order valence-corrected chi connectivity index (χ3v) is 4.67. The van der Waals surface area contributed by atoms with Gasteiger partial charge in [-0.1, -0.05) is 17.3 Å². The second kappa shape index (κ2) is 7.67. The zero-order valence-electron chi connectivity index (χ0n) is 15.8. The highest BCUT2D eigenvalue weighted by Gasteiger charge is 2.30. The van der Waals surface area contributed by atoms with E-state index in [0.717, 1.165) is 16.7 Å². The number of nitrogens with two attached hydrogens (primary N) is 1. The maximum atomic E-state index is 9.47. The van der Waals surface area contributed by atoms with Crippen molar-refractivity contribution in [2.75, 3.05) is 19.8 Å². The number of hydrogen-bond acceptors (Lipinski definition) is 8. The van der Waals surface area contributed by atoms with Gasteiger partial charge in [-0.25, -0.2) is 0 Å². The van der Waals surface area contributed by atoms with Crippen LogP contribution in [0.2, 0.25) is 0 Å². The van der Waals surface area contributed by atoms with Gasteiger partial charge in [0.2, 0.25) is 5.82 Å². The maximum Gasteiger partial charge on any atom is 0.258 e. The van der Waals surface area contributed by atoms with Crippen molar-refractivity contribution in [1.29, 1.82) is 0 Å². The fourth-order valence-electron chi connectivity index (χ4n) is 2.94. The number of rotatable bonds is 7. The normalized spacial score (nSPS) is 11.9. The van der Waals surface area contributed by atoms with Gasteiger partial charge in [0.1, 0.15) is 22.6 Å². The summed E-state index contributed by atoms with van der Waals surface area (Å²) in [4.78, 5) is 4.46. The molecule has 0 aliphatic rings. The number of nitrogens with zero attached hydrogens (tertiary/aromatic N) is 2. The van der Waals surface area contributed by atoms with Crippen molar-refractivity contribution in [2.24, 2.45) is 5.73 Å². The molecule has 2 heterocycles. The summed E-state index contributed by atoms with van der Waals surface area (Å²) in [6.45, 7) is 1.65. The van der Waals surface area contributed by atoms with Gasteiger partial charge in [-0.05, 0) is 43.3 Å². The second-order valence-corrected chi connectivity index (χ2v) is 6.72. The fraction of sp³-hybridized carbons (Fsp3) is 0.238. The fourth-order valence-corrected chi connectivity index (χ4v) is 2.94. The molecule has 0 atom stereocenters. The summed E-state index contributed by atoms with van der Waals surface area (Å²) >= 11 is 0. The van der Waals surface area contributed by atoms with E-state index < -0.39 is 18.8 Å². The molecule has 0 aliphatic heterocycles. The van der Waals surface area contributed by atoms with Crippen molar-refractivity contribution in [3.05, 3.63) is 54.3 Å². The summed E-state index contributed by atoms with van der Waals surface area (Å²) in [6.07, 6.45) is 0. The molecule has 8 heteroatoms. The third kappa shape index (κ3) is 3.61. The summed E-state index contributed by atoms with van der Waals surface area (Å²) in [5.74, 6) is 1.89. The Balaban J connectivity index is 1.63. The van der Waals surface area contributed by atoms with Gasteiger partial charge in [0.25, 0.3) is 5.89 Å². The Morgan fingerprint density at radius 3 is 2.45 bits per heavy atom. The van der Waals surface area contributed by atoms with Crippen LogP contribution in [0.25, 0.3) is 33.8 Å². The molecule has 4 aromatic rings. The van der Waals surface area contributed by atoms with Crippen LogP contribution in [-0.4, -0.2) is 40.2 Å². The molecule has 29 heavy (non-hydrogen) atoms. The molecule has 0 radical (unpaired) electrons. The lowest BCUT2D eigenvalue weighted by molar-refractivity contribution is 0.105. The average Bonchev–Trinajstić information content (AvgIpc) is 3.41. The number of furan rings is 1. The lowest BCUT2D eigenvalue weighted by Gasteiger charge is -2.21. The molecule has 0 fully saturated rings. The van der Waals surface area contributed by atoms with Crippen molar-refractivity contribution in [3.8, 4) is 28.6 Å². The summed E-state index contributed by atoms with van der Waals surface area (Å²) in [6, 6.07) is 14.5. The molecule has 150 valence electrons. The van der Waals surface area contributed by atoms with Crippen LogP contribution in [0.1, 0.15) is 12.7 Å². The van der Waals surface area contributed by atoms with Crippen molar-refractivity contribution in [3.63, 3.8) is 0 Å². The van der Waals surface area contributed by atoms with Gasteiger partial charge in [-0.2, -0.15) is 4.98 Å². The molecule has 0 amide bonds. The monoisotopic (exact) mass is 395 g/mol. The molecule has 0 spiro atoms. The van der Waals surface area contributed by atoms with Crippen molar-refractivity contribution >= 4 is 11.0 Å². The van der Waals surface area contributed by atoms with Crippen molar-refractivity contribution in [2.45, 2.75) is 12.5 Å². The van der Waals surface area contributed by atoms with E-state index in [2.05, 4.69) is 10.1 Å². The van der Waals surface area contributed by atoms with Crippen LogP contribution in [0.5, 0.6) is 5.75 Å². The highest BCUT2D eigenvalue weighted by atomic mass is 16.5. The Labute approximate surface area is 166 Å². The van der Waals surface area contributed by atoms with Gasteiger partial charge in [0.15, 0.2) is 0 Å². The van der Waals surface area contributed by atoms with Gasteiger partial charge in [-0.3, -0.25) is 0 Å². The highest BCUT2D eigenvalue weighted by Crippen LogP contribution is 2.30. The molecular formula is C21H21N3O5. The number of hydrogen-bond donors (Lipinski definition) is 3. The number of fused-ring (bicyclic) bond motifs is 1. The number of aliphatic hydroxyl groups excluding tert-OH is 2. The average molecular weight is 395 g/mol. The SMILES string of the molecule is CCOc1ccc(-c2nc(-c3ccc4cc(C(N)(CO)CO)oc4c3)no2)cc1. The van der Waals surface area contributed by atoms with Crippen LogP contribution in [0, 0.1) is 0 Å². The van der Waals surface area contributed by atoms with E-state index in [1.807, 2.05) is 43.3 Å². The molecule has 4 rings (SSSR count). The lowest BCUT2D eigenvalue weighted by Crippen LogP contribution is -2.43. The van der Waals surface area contributed by atoms with Gasteiger partial charge in [0, 0.05) is 16.5 Å². The van der Waals surface area contributed by atoms with Gasteiger partial charge in [0.05, 0.1) is 19.8 Å². The third-order valence-electron chi connectivity index (χ3n) is 4.67. The molecule has 8 nitrogen and oxygen atoms in total. The first-order valence-corrected chi connectivity index (χ1v) is 9.18. The quantitative estimate of drug-likeness (QED) is 0.436. The van der Waals surface area contributed by atoms with Crippen LogP contribution in [0.4, 0.5) is 0 Å². The van der Waals surface area contributed by atoms with E-state index in [1.54, 1.807) is 12.1 Å². The standard InChI is InChI=1S/C21H21N3O5/c1-2-27-16-7-5-13(6-8-16)20-23-19(24-29-20)15-4-3-14-10-18(28-17(14)9-15)21(22,11-25)12-26/h3-10,25-26H,2,11-12,22H2,1H3. The first kappa shape index (κ1) is 19.1. The minimum Gasteiger partial charge on any atom is -0.494 e. The van der Waals surface area contributed by atoms with Gasteiger partial charge in [-0.15, -0.1) is 0 Å². The molecule has 2 aromatic carbocycles. The smallest absolute Gasteiger partial charge is 0.258 e. The molecule has 0 saturated carbocycles. The van der Waals surface area contributed by atoms with Crippen LogP contribution < -0.4 is 10.5 Å². The van der Waals surface area contributed by atoms with Crippen LogP contribution >= 0.6 is 0 Å². The van der Waals surface area contributed by atoms with Crippen LogP contribution in [-0.2, 0) is 5.54 Å². The minimum absolute atomic E-state index is 0.304. The Bertz CT molecular complexity index is 1110. The molecule has 0 saturated heterocycles. The van der Waals surface area contributed by atoms with Crippen molar-refractivity contribution < 1.29 is 23.9 Å². The predicted molar refractivity (Wildman–Crippen MR) is 106 cm³/mol. The van der Waals surface area contributed by atoms with Crippen LogP contribution in [0.15, 0.2) is 57.5 Å². The van der Waals surface area contributed by atoms with Gasteiger partial charge < -0.3 is 29.6 Å². The number of aromatic nitrogens is 2. The Morgan fingerprint density at radius 2 is 1.76 bits per heavy atom. The number of aliphatic hydroxyl groups is 2. The van der Waals surface area contributed by atoms with E-state index in [-0.39, 0.29) is 0 Å². The molecular weight excluding hydrogens is 374 g/mol. The Kier molecular flexibility index (Phi) is 5.06. The van der Waals surface area contributed by atoms with E-state index >= 15 is 0 Å². The summed E-state index contributed by atoms with van der Waals surface area (Å²) < 4.78 is 16.6. The molecule has 4 N–H and O–H groups in total. The first-order valence-electron chi connectivity index (χ1n) is 9.18. The Hall–Kier alpha value is -3.20. The number of ether oxygens (including phenoxy) is 1. The van der Waals surface area contributed by atoms with E-state index in [0.29, 0.717) is 35.2 Å². The van der Waals surface area contributed by atoms with Gasteiger partial charge >= 0.3 is 0 Å². The van der Waals surface area contributed by atoms with E-state index in [9.17, 15) is 10.2 Å². The summed E-state index contributed by atoms with van der Waals surface area (Å²) in [5.41, 5.74) is 6.68. The maximum absolute atomic E-state index is 9.47. The molecule has 0 unspecified atom stereocenters. The minimum atomic E-state index is -1.34.